The van der Waals surface area contributed by atoms with Crippen LogP contribution in [0.25, 0.3) is 0 Å². The fraction of sp³-hybridized carbons (Fsp3) is 0.125. The number of hydrogen-bond donors (Lipinski definition) is 2. The van der Waals surface area contributed by atoms with Gasteiger partial charge in [-0.15, -0.1) is 0 Å². The molecule has 1 amide bonds. The summed E-state index contributed by atoms with van der Waals surface area (Å²) in [6.45, 7) is 1.87. The Morgan fingerprint density at radius 2 is 1.86 bits per heavy atom. The molecule has 0 aliphatic rings. The smallest absolute Gasteiger partial charge is 0.337 e. The highest BCUT2D eigenvalue weighted by Gasteiger charge is 2.10. The summed E-state index contributed by atoms with van der Waals surface area (Å²) >= 11 is 0. The maximum absolute atomic E-state index is 12.1. The molecule has 5 nitrogen and oxygen atoms in total. The minimum Gasteiger partial charge on any atom is -0.465 e. The molecular weight excluding hydrogens is 268 g/mol. The molecule has 0 saturated carbocycles. The van der Waals surface area contributed by atoms with Gasteiger partial charge < -0.3 is 15.8 Å². The van der Waals surface area contributed by atoms with E-state index in [0.29, 0.717) is 22.5 Å². The lowest BCUT2D eigenvalue weighted by atomic mass is 10.1. The lowest BCUT2D eigenvalue weighted by Crippen LogP contribution is -2.13. The zero-order chi connectivity index (χ0) is 15.4. The van der Waals surface area contributed by atoms with E-state index in [1.807, 2.05) is 6.92 Å². The zero-order valence-electron chi connectivity index (χ0n) is 11.8. The van der Waals surface area contributed by atoms with Crippen LogP contribution in [0.2, 0.25) is 0 Å². The van der Waals surface area contributed by atoms with E-state index in [4.69, 9.17) is 5.73 Å². The Morgan fingerprint density at radius 1 is 1.10 bits per heavy atom. The van der Waals surface area contributed by atoms with Gasteiger partial charge in [0.05, 0.1) is 12.7 Å². The number of nitrogen functional groups attached to an aromatic ring is 1. The average molecular weight is 284 g/mol. The Labute approximate surface area is 122 Å². The van der Waals surface area contributed by atoms with Crippen molar-refractivity contribution in [1.82, 2.24) is 0 Å². The summed E-state index contributed by atoms with van der Waals surface area (Å²) in [5, 5.41) is 2.72. The maximum atomic E-state index is 12.1. The van der Waals surface area contributed by atoms with Gasteiger partial charge in [0, 0.05) is 16.9 Å². The van der Waals surface area contributed by atoms with Crippen LogP contribution < -0.4 is 11.1 Å². The Morgan fingerprint density at radius 3 is 2.52 bits per heavy atom. The highest BCUT2D eigenvalue weighted by molar-refractivity contribution is 6.05. The molecule has 0 bridgehead atoms. The van der Waals surface area contributed by atoms with E-state index in [9.17, 15) is 9.59 Å². The molecule has 0 aliphatic carbocycles. The van der Waals surface area contributed by atoms with Crippen molar-refractivity contribution in [3.05, 3.63) is 59.2 Å². The topological polar surface area (TPSA) is 81.4 Å². The van der Waals surface area contributed by atoms with Crippen LogP contribution in [-0.2, 0) is 4.74 Å². The summed E-state index contributed by atoms with van der Waals surface area (Å²) in [6, 6.07) is 11.6. The maximum Gasteiger partial charge on any atom is 0.337 e. The number of benzene rings is 2. The second kappa shape index (κ2) is 6.09. The van der Waals surface area contributed by atoms with Crippen molar-refractivity contribution in [2.45, 2.75) is 6.92 Å². The molecule has 0 spiro atoms. The van der Waals surface area contributed by atoms with E-state index in [1.165, 1.54) is 7.11 Å². The van der Waals surface area contributed by atoms with Crippen molar-refractivity contribution < 1.29 is 14.3 Å². The number of hydrogen-bond acceptors (Lipinski definition) is 4. The van der Waals surface area contributed by atoms with Crippen molar-refractivity contribution in [3.8, 4) is 0 Å². The third kappa shape index (κ3) is 3.39. The molecule has 0 radical (unpaired) electrons. The molecule has 2 aromatic rings. The molecule has 0 unspecified atom stereocenters. The quantitative estimate of drug-likeness (QED) is 0.670. The van der Waals surface area contributed by atoms with Gasteiger partial charge in [-0.25, -0.2) is 4.79 Å². The second-order valence-corrected chi connectivity index (χ2v) is 4.60. The number of amides is 1. The first-order chi connectivity index (χ1) is 10.0. The van der Waals surface area contributed by atoms with Gasteiger partial charge in [0.1, 0.15) is 0 Å². The van der Waals surface area contributed by atoms with Crippen LogP contribution >= 0.6 is 0 Å². The van der Waals surface area contributed by atoms with E-state index in [2.05, 4.69) is 10.1 Å². The highest BCUT2D eigenvalue weighted by Crippen LogP contribution is 2.16. The van der Waals surface area contributed by atoms with Crippen molar-refractivity contribution in [3.63, 3.8) is 0 Å². The molecule has 0 atom stereocenters. The molecule has 5 heteroatoms. The van der Waals surface area contributed by atoms with Crippen LogP contribution in [0.5, 0.6) is 0 Å². The molecule has 2 aromatic carbocycles. The van der Waals surface area contributed by atoms with Crippen LogP contribution in [0.4, 0.5) is 11.4 Å². The van der Waals surface area contributed by atoms with Gasteiger partial charge in [-0.05, 0) is 42.8 Å². The number of ether oxygens (including phenoxy) is 1. The van der Waals surface area contributed by atoms with E-state index in [1.54, 1.807) is 42.5 Å². The van der Waals surface area contributed by atoms with Gasteiger partial charge in [-0.3, -0.25) is 4.79 Å². The van der Waals surface area contributed by atoms with Gasteiger partial charge in [-0.2, -0.15) is 0 Å². The van der Waals surface area contributed by atoms with Crippen LogP contribution in [0, 0.1) is 6.92 Å². The number of methoxy groups -OCH3 is 1. The van der Waals surface area contributed by atoms with Crippen LogP contribution in [0.1, 0.15) is 26.3 Å². The SMILES string of the molecule is COC(=O)c1cccc(NC(=O)c2ccc(C)c(N)c2)c1. The number of anilines is 2. The van der Waals surface area contributed by atoms with Crippen LogP contribution in [-0.4, -0.2) is 19.0 Å². The fourth-order valence-electron chi connectivity index (χ4n) is 1.83. The number of carbonyl (C=O) groups excluding carboxylic acids is 2. The predicted molar refractivity (Wildman–Crippen MR) is 81.3 cm³/mol. The first-order valence-electron chi connectivity index (χ1n) is 6.37. The van der Waals surface area contributed by atoms with Gasteiger partial charge in [-0.1, -0.05) is 12.1 Å². The summed E-state index contributed by atoms with van der Waals surface area (Å²) in [4.78, 5) is 23.6. The second-order valence-electron chi connectivity index (χ2n) is 4.60. The molecule has 2 rings (SSSR count). The normalized spacial score (nSPS) is 10.0. The number of esters is 1. The summed E-state index contributed by atoms with van der Waals surface area (Å²) in [5.74, 6) is -0.741. The zero-order valence-corrected chi connectivity index (χ0v) is 11.8. The third-order valence-electron chi connectivity index (χ3n) is 3.08. The average Bonchev–Trinajstić information content (AvgIpc) is 2.49. The standard InChI is InChI=1S/C16H16N2O3/c1-10-6-7-11(9-14(10)17)15(19)18-13-5-3-4-12(8-13)16(20)21-2/h3-9H,17H2,1-2H3,(H,18,19). The summed E-state index contributed by atoms with van der Waals surface area (Å²) in [7, 11) is 1.31. The van der Waals surface area contributed by atoms with Crippen LogP contribution in [0.15, 0.2) is 42.5 Å². The van der Waals surface area contributed by atoms with E-state index in [-0.39, 0.29) is 5.91 Å². The fourth-order valence-corrected chi connectivity index (χ4v) is 1.83. The highest BCUT2D eigenvalue weighted by atomic mass is 16.5. The number of nitrogens with two attached hydrogens (primary N) is 1. The monoisotopic (exact) mass is 284 g/mol. The Kier molecular flexibility index (Phi) is 4.23. The van der Waals surface area contributed by atoms with Crippen molar-refractivity contribution in [2.24, 2.45) is 0 Å². The molecule has 108 valence electrons. The lowest BCUT2D eigenvalue weighted by Gasteiger charge is -2.08. The minimum atomic E-state index is -0.453. The molecular formula is C16H16N2O3. The Balaban J connectivity index is 2.19. The van der Waals surface area contributed by atoms with Gasteiger partial charge in [0.2, 0.25) is 0 Å². The van der Waals surface area contributed by atoms with Crippen molar-refractivity contribution in [2.75, 3.05) is 18.2 Å². The number of aryl methyl sites for hydroxylation is 1. The van der Waals surface area contributed by atoms with Gasteiger partial charge in [0.25, 0.3) is 5.91 Å². The summed E-state index contributed by atoms with van der Waals surface area (Å²) in [6.07, 6.45) is 0. The van der Waals surface area contributed by atoms with E-state index in [0.717, 1.165) is 5.56 Å². The first-order valence-corrected chi connectivity index (χ1v) is 6.37. The van der Waals surface area contributed by atoms with Crippen molar-refractivity contribution >= 4 is 23.3 Å². The predicted octanol–water partition coefficient (Wildman–Crippen LogP) is 2.62. The number of carbonyl (C=O) groups is 2. The molecule has 3 N–H and O–H groups in total. The minimum absolute atomic E-state index is 0.288. The molecule has 0 aliphatic heterocycles. The van der Waals surface area contributed by atoms with Gasteiger partial charge >= 0.3 is 5.97 Å². The third-order valence-corrected chi connectivity index (χ3v) is 3.08. The lowest BCUT2D eigenvalue weighted by molar-refractivity contribution is 0.0600. The summed E-state index contributed by atoms with van der Waals surface area (Å²) < 4.78 is 4.64. The molecule has 0 aromatic heterocycles. The molecule has 21 heavy (non-hydrogen) atoms. The molecule has 0 fully saturated rings. The van der Waals surface area contributed by atoms with Gasteiger partial charge in [0.15, 0.2) is 0 Å². The Hall–Kier alpha value is -2.82. The summed E-state index contributed by atoms with van der Waals surface area (Å²) in [5.41, 5.74) is 8.62. The van der Waals surface area contributed by atoms with E-state index >= 15 is 0 Å². The van der Waals surface area contributed by atoms with Crippen molar-refractivity contribution in [1.29, 1.82) is 0 Å². The Bertz CT molecular complexity index is 696. The molecule has 0 saturated heterocycles. The van der Waals surface area contributed by atoms with E-state index < -0.39 is 5.97 Å². The first kappa shape index (κ1) is 14.6. The number of rotatable bonds is 3. The largest absolute Gasteiger partial charge is 0.465 e. The molecule has 0 heterocycles. The number of nitrogens with one attached hydrogen (secondary N) is 1. The van der Waals surface area contributed by atoms with Crippen LogP contribution in [0.3, 0.4) is 0 Å².